The van der Waals surface area contributed by atoms with Gasteiger partial charge in [0.1, 0.15) is 11.9 Å². The number of hydrogen-bond acceptors (Lipinski definition) is 6. The molecule has 1 fully saturated rings. The van der Waals surface area contributed by atoms with Gasteiger partial charge < -0.3 is 10.2 Å². The molecule has 0 atom stereocenters. The number of piperidine rings is 1. The second-order valence-corrected chi connectivity index (χ2v) is 9.29. The van der Waals surface area contributed by atoms with Crippen molar-refractivity contribution < 1.29 is 13.2 Å². The predicted octanol–water partition coefficient (Wildman–Crippen LogP) is 1.74. The Bertz CT molecular complexity index is 1050. The number of anilines is 1. The summed E-state index contributed by atoms with van der Waals surface area (Å²) in [4.78, 5) is 18.9. The standard InChI is InChI=1S/C21H25N5O3S/c1-25(2)20-18(7-5-11-23-20)15-24-21(27)16-9-12-26(13-10-16)30(28,29)19-8-4-3-6-17(19)14-22/h3-8,11,16H,9-10,12-13,15H2,1-2H3,(H,24,27). The van der Waals surface area contributed by atoms with Crippen molar-refractivity contribution in [1.29, 1.82) is 5.26 Å². The molecule has 8 nitrogen and oxygen atoms in total. The zero-order valence-corrected chi connectivity index (χ0v) is 17.9. The quantitative estimate of drug-likeness (QED) is 0.753. The van der Waals surface area contributed by atoms with Crippen LogP contribution in [0.25, 0.3) is 0 Å². The topological polar surface area (TPSA) is 106 Å². The predicted molar refractivity (Wildman–Crippen MR) is 113 cm³/mol. The third-order valence-electron chi connectivity index (χ3n) is 5.19. The molecule has 0 unspecified atom stereocenters. The Hall–Kier alpha value is -2.96. The number of amides is 1. The number of aromatic nitrogens is 1. The minimum atomic E-state index is -3.76. The molecule has 158 valence electrons. The number of pyridine rings is 1. The maximum atomic E-state index is 12.9. The summed E-state index contributed by atoms with van der Waals surface area (Å²) in [7, 11) is 0.0352. The van der Waals surface area contributed by atoms with E-state index in [0.29, 0.717) is 19.4 Å². The molecule has 0 saturated carbocycles. The summed E-state index contributed by atoms with van der Waals surface area (Å²) < 4.78 is 27.2. The first-order valence-electron chi connectivity index (χ1n) is 9.73. The summed E-state index contributed by atoms with van der Waals surface area (Å²) in [6.45, 7) is 0.861. The summed E-state index contributed by atoms with van der Waals surface area (Å²) in [5.74, 6) is 0.468. The van der Waals surface area contributed by atoms with Gasteiger partial charge >= 0.3 is 0 Å². The molecular formula is C21H25N5O3S. The Morgan fingerprint density at radius 1 is 1.23 bits per heavy atom. The number of benzene rings is 1. The maximum absolute atomic E-state index is 12.9. The average molecular weight is 428 g/mol. The summed E-state index contributed by atoms with van der Waals surface area (Å²) in [6, 6.07) is 11.9. The van der Waals surface area contributed by atoms with E-state index in [9.17, 15) is 18.5 Å². The van der Waals surface area contributed by atoms with Crippen LogP contribution in [0.5, 0.6) is 0 Å². The van der Waals surface area contributed by atoms with E-state index in [0.717, 1.165) is 11.4 Å². The summed E-state index contributed by atoms with van der Waals surface area (Å²) in [5.41, 5.74) is 1.05. The fourth-order valence-electron chi connectivity index (χ4n) is 3.58. The van der Waals surface area contributed by atoms with E-state index >= 15 is 0 Å². The molecule has 0 bridgehead atoms. The third kappa shape index (κ3) is 4.61. The van der Waals surface area contributed by atoms with Crippen molar-refractivity contribution in [2.24, 2.45) is 5.92 Å². The SMILES string of the molecule is CN(C)c1ncccc1CNC(=O)C1CCN(S(=O)(=O)c2ccccc2C#N)CC1. The lowest BCUT2D eigenvalue weighted by atomic mass is 9.97. The van der Waals surface area contributed by atoms with Gasteiger partial charge in [0.2, 0.25) is 15.9 Å². The highest BCUT2D eigenvalue weighted by Gasteiger charge is 2.33. The number of carbonyl (C=O) groups excluding carboxylic acids is 1. The second-order valence-electron chi connectivity index (χ2n) is 7.38. The lowest BCUT2D eigenvalue weighted by Crippen LogP contribution is -2.43. The van der Waals surface area contributed by atoms with Crippen LogP contribution in [0.2, 0.25) is 0 Å². The Kier molecular flexibility index (Phi) is 6.70. The van der Waals surface area contributed by atoms with Crippen molar-refractivity contribution in [2.45, 2.75) is 24.3 Å². The maximum Gasteiger partial charge on any atom is 0.244 e. The van der Waals surface area contributed by atoms with Gasteiger partial charge in [0, 0.05) is 51.4 Å². The highest BCUT2D eigenvalue weighted by Crippen LogP contribution is 2.26. The number of sulfonamides is 1. The molecule has 0 spiro atoms. The molecule has 0 aliphatic carbocycles. The minimum Gasteiger partial charge on any atom is -0.362 e. The van der Waals surface area contributed by atoms with Gasteiger partial charge in [0.05, 0.1) is 10.5 Å². The van der Waals surface area contributed by atoms with Crippen LogP contribution in [0, 0.1) is 17.2 Å². The number of nitrogens with one attached hydrogen (secondary N) is 1. The molecule has 2 heterocycles. The molecule has 1 amide bonds. The van der Waals surface area contributed by atoms with Crippen LogP contribution in [0.15, 0.2) is 47.5 Å². The Labute approximate surface area is 177 Å². The van der Waals surface area contributed by atoms with Crippen molar-refractivity contribution in [3.05, 3.63) is 53.7 Å². The monoisotopic (exact) mass is 427 g/mol. The lowest BCUT2D eigenvalue weighted by Gasteiger charge is -2.30. The van der Waals surface area contributed by atoms with E-state index in [1.807, 2.05) is 37.2 Å². The zero-order chi connectivity index (χ0) is 21.7. The van der Waals surface area contributed by atoms with E-state index in [1.54, 1.807) is 18.3 Å². The third-order valence-corrected chi connectivity index (χ3v) is 7.15. The first kappa shape index (κ1) is 21.7. The molecular weight excluding hydrogens is 402 g/mol. The largest absolute Gasteiger partial charge is 0.362 e. The number of nitriles is 1. The molecule has 9 heteroatoms. The smallest absolute Gasteiger partial charge is 0.244 e. The number of rotatable bonds is 6. The van der Waals surface area contributed by atoms with Crippen LogP contribution in [0.1, 0.15) is 24.0 Å². The fourth-order valence-corrected chi connectivity index (χ4v) is 5.19. The van der Waals surface area contributed by atoms with Gasteiger partial charge in [-0.15, -0.1) is 0 Å². The normalized spacial score (nSPS) is 15.4. The van der Waals surface area contributed by atoms with Gasteiger partial charge in [-0.05, 0) is 31.0 Å². The van der Waals surface area contributed by atoms with Crippen molar-refractivity contribution in [2.75, 3.05) is 32.1 Å². The molecule has 1 N–H and O–H groups in total. The van der Waals surface area contributed by atoms with E-state index in [4.69, 9.17) is 0 Å². The lowest BCUT2D eigenvalue weighted by molar-refractivity contribution is -0.126. The molecule has 30 heavy (non-hydrogen) atoms. The summed E-state index contributed by atoms with van der Waals surface area (Å²) >= 11 is 0. The van der Waals surface area contributed by atoms with Crippen molar-refractivity contribution in [3.8, 4) is 6.07 Å². The minimum absolute atomic E-state index is 0.0168. The number of hydrogen-bond donors (Lipinski definition) is 1. The highest BCUT2D eigenvalue weighted by atomic mass is 32.2. The molecule has 1 aliphatic heterocycles. The van der Waals surface area contributed by atoms with E-state index in [-0.39, 0.29) is 35.4 Å². The summed E-state index contributed by atoms with van der Waals surface area (Å²) in [6.07, 6.45) is 2.59. The van der Waals surface area contributed by atoms with Crippen LogP contribution < -0.4 is 10.2 Å². The van der Waals surface area contributed by atoms with Crippen LogP contribution >= 0.6 is 0 Å². The number of carbonyl (C=O) groups is 1. The van der Waals surface area contributed by atoms with E-state index < -0.39 is 10.0 Å². The van der Waals surface area contributed by atoms with Crippen LogP contribution in [-0.4, -0.2) is 50.8 Å². The van der Waals surface area contributed by atoms with E-state index in [2.05, 4.69) is 10.3 Å². The number of nitrogens with zero attached hydrogens (tertiary/aromatic N) is 4. The molecule has 3 rings (SSSR count). The van der Waals surface area contributed by atoms with Crippen molar-refractivity contribution >= 4 is 21.7 Å². The second kappa shape index (κ2) is 9.24. The molecule has 1 aromatic carbocycles. The van der Waals surface area contributed by atoms with E-state index in [1.165, 1.54) is 16.4 Å². The summed E-state index contributed by atoms with van der Waals surface area (Å²) in [5, 5.41) is 12.2. The van der Waals surface area contributed by atoms with Gasteiger partial charge in [-0.25, -0.2) is 13.4 Å². The van der Waals surface area contributed by atoms with Gasteiger partial charge in [0.25, 0.3) is 0 Å². The Balaban J connectivity index is 1.60. The van der Waals surface area contributed by atoms with Gasteiger partial charge in [0.15, 0.2) is 0 Å². The van der Waals surface area contributed by atoms with Gasteiger partial charge in [-0.2, -0.15) is 9.57 Å². The molecule has 0 radical (unpaired) electrons. The molecule has 1 saturated heterocycles. The van der Waals surface area contributed by atoms with Crippen LogP contribution in [0.4, 0.5) is 5.82 Å². The van der Waals surface area contributed by atoms with Gasteiger partial charge in [-0.1, -0.05) is 18.2 Å². The van der Waals surface area contributed by atoms with Crippen LogP contribution in [0.3, 0.4) is 0 Å². The average Bonchev–Trinajstić information content (AvgIpc) is 2.77. The van der Waals surface area contributed by atoms with Crippen LogP contribution in [-0.2, 0) is 21.4 Å². The first-order valence-corrected chi connectivity index (χ1v) is 11.2. The molecule has 1 aromatic heterocycles. The highest BCUT2D eigenvalue weighted by molar-refractivity contribution is 7.89. The van der Waals surface area contributed by atoms with Crippen molar-refractivity contribution in [1.82, 2.24) is 14.6 Å². The fraction of sp³-hybridized carbons (Fsp3) is 0.381. The molecule has 2 aromatic rings. The Morgan fingerprint density at radius 3 is 2.60 bits per heavy atom. The van der Waals surface area contributed by atoms with Gasteiger partial charge in [-0.3, -0.25) is 4.79 Å². The first-order chi connectivity index (χ1) is 14.3. The zero-order valence-electron chi connectivity index (χ0n) is 17.1. The Morgan fingerprint density at radius 2 is 1.93 bits per heavy atom. The molecule has 1 aliphatic rings. The van der Waals surface area contributed by atoms with Crippen molar-refractivity contribution in [3.63, 3.8) is 0 Å².